The molecule has 1 fully saturated rings. The molecule has 1 aliphatic rings. The first-order valence-electron chi connectivity index (χ1n) is 13.9. The monoisotopic (exact) mass is 550 g/mol. The third kappa shape index (κ3) is 5.66. The van der Waals surface area contributed by atoms with Crippen molar-refractivity contribution in [1.82, 2.24) is 24.4 Å². The summed E-state index contributed by atoms with van der Waals surface area (Å²) in [7, 11) is 0. The number of hydrogen-bond donors (Lipinski definition) is 1. The zero-order chi connectivity index (χ0) is 28.6. The van der Waals surface area contributed by atoms with Crippen LogP contribution in [0.15, 0.2) is 77.8 Å². The van der Waals surface area contributed by atoms with Gasteiger partial charge in [-0.1, -0.05) is 24.3 Å². The predicted octanol–water partition coefficient (Wildman–Crippen LogP) is 6.86. The van der Waals surface area contributed by atoms with Crippen LogP contribution in [0.4, 0.5) is 10.7 Å². The average Bonchev–Trinajstić information content (AvgIpc) is 3.62. The molecule has 3 aromatic heterocycles. The summed E-state index contributed by atoms with van der Waals surface area (Å²) in [5.41, 5.74) is 5.27. The van der Waals surface area contributed by atoms with E-state index in [0.29, 0.717) is 24.9 Å². The van der Waals surface area contributed by atoms with Crippen molar-refractivity contribution in [3.63, 3.8) is 0 Å². The number of carbonyl (C=O) groups excluding carboxylic acids is 1. The van der Waals surface area contributed by atoms with E-state index in [1.165, 1.54) is 0 Å². The minimum absolute atomic E-state index is 0.0286. The molecule has 2 aromatic carbocycles. The Kier molecular flexibility index (Phi) is 6.95. The number of nitrogens with zero attached hydrogens (tertiary/aromatic N) is 5. The maximum Gasteiger partial charge on any atom is 0.410 e. The Balaban J connectivity index is 1.34. The van der Waals surface area contributed by atoms with Gasteiger partial charge in [0.2, 0.25) is 11.8 Å². The Morgan fingerprint density at radius 2 is 1.95 bits per heavy atom. The molecule has 1 amide bonds. The minimum atomic E-state index is -0.527. The number of benzene rings is 2. The predicted molar refractivity (Wildman–Crippen MR) is 159 cm³/mol. The molecule has 1 atom stereocenters. The van der Waals surface area contributed by atoms with E-state index in [9.17, 15) is 4.79 Å². The molecule has 4 heterocycles. The van der Waals surface area contributed by atoms with Gasteiger partial charge in [-0.2, -0.15) is 0 Å². The Morgan fingerprint density at radius 1 is 1.12 bits per heavy atom. The normalized spacial score (nSPS) is 15.7. The molecule has 0 spiro atoms. The van der Waals surface area contributed by atoms with Crippen molar-refractivity contribution in [1.29, 1.82) is 0 Å². The Hall–Kier alpha value is -4.66. The molecule has 210 valence electrons. The summed E-state index contributed by atoms with van der Waals surface area (Å²) in [6.07, 6.45) is 8.73. The Morgan fingerprint density at radius 3 is 2.71 bits per heavy atom. The second-order valence-electron chi connectivity index (χ2n) is 11.5. The number of oxazole rings is 1. The first-order valence-corrected chi connectivity index (χ1v) is 13.9. The van der Waals surface area contributed by atoms with E-state index >= 15 is 0 Å². The van der Waals surface area contributed by atoms with Gasteiger partial charge >= 0.3 is 6.09 Å². The number of fused-ring (bicyclic) bond motifs is 1. The van der Waals surface area contributed by atoms with Crippen LogP contribution in [0.2, 0.25) is 0 Å². The van der Waals surface area contributed by atoms with Crippen LogP contribution >= 0.6 is 0 Å². The van der Waals surface area contributed by atoms with E-state index < -0.39 is 5.60 Å². The fourth-order valence-electron chi connectivity index (χ4n) is 5.27. The lowest BCUT2D eigenvalue weighted by atomic mass is 10.0. The summed E-state index contributed by atoms with van der Waals surface area (Å²) in [4.78, 5) is 28.4. The van der Waals surface area contributed by atoms with Gasteiger partial charge in [-0.05, 0) is 70.4 Å². The third-order valence-corrected chi connectivity index (χ3v) is 7.15. The number of para-hydroxylation sites is 1. The summed E-state index contributed by atoms with van der Waals surface area (Å²) < 4.78 is 13.3. The van der Waals surface area contributed by atoms with Gasteiger partial charge in [0, 0.05) is 53.7 Å². The zero-order valence-corrected chi connectivity index (χ0v) is 23.8. The second-order valence-corrected chi connectivity index (χ2v) is 11.5. The summed E-state index contributed by atoms with van der Waals surface area (Å²) in [5.74, 6) is 1.12. The largest absolute Gasteiger partial charge is 0.445 e. The van der Waals surface area contributed by atoms with Gasteiger partial charge in [0.15, 0.2) is 0 Å². The maximum absolute atomic E-state index is 12.7. The second kappa shape index (κ2) is 10.7. The summed E-state index contributed by atoms with van der Waals surface area (Å²) in [6, 6.07) is 16.5. The number of anilines is 1. The summed E-state index contributed by atoms with van der Waals surface area (Å²) in [5, 5.41) is 4.54. The average molecular weight is 551 g/mol. The number of nitrogens with one attached hydrogen (secondary N) is 1. The van der Waals surface area contributed by atoms with Crippen LogP contribution in [0.25, 0.3) is 39.3 Å². The van der Waals surface area contributed by atoms with Crippen molar-refractivity contribution in [3.8, 4) is 28.4 Å². The molecule has 6 rings (SSSR count). The first kappa shape index (κ1) is 26.6. The van der Waals surface area contributed by atoms with Crippen LogP contribution in [0.1, 0.15) is 39.2 Å². The summed E-state index contributed by atoms with van der Waals surface area (Å²) in [6.45, 7) is 8.90. The Bertz CT molecular complexity index is 1670. The third-order valence-electron chi connectivity index (χ3n) is 7.15. The molecule has 0 bridgehead atoms. The fourth-order valence-corrected chi connectivity index (χ4v) is 5.27. The topological polar surface area (TPSA) is 98.3 Å². The molecule has 9 nitrogen and oxygen atoms in total. The number of hydrogen-bond acceptors (Lipinski definition) is 7. The zero-order valence-electron chi connectivity index (χ0n) is 23.8. The van der Waals surface area contributed by atoms with Crippen LogP contribution < -0.4 is 5.32 Å². The smallest absolute Gasteiger partial charge is 0.410 e. The van der Waals surface area contributed by atoms with Crippen molar-refractivity contribution >= 4 is 22.9 Å². The maximum atomic E-state index is 12.7. The van der Waals surface area contributed by atoms with Crippen LogP contribution in [0.3, 0.4) is 0 Å². The molecule has 0 saturated carbocycles. The van der Waals surface area contributed by atoms with Gasteiger partial charge in [-0.15, -0.1) is 0 Å². The van der Waals surface area contributed by atoms with Crippen molar-refractivity contribution in [2.24, 2.45) is 0 Å². The van der Waals surface area contributed by atoms with E-state index in [0.717, 1.165) is 51.8 Å². The van der Waals surface area contributed by atoms with E-state index in [2.05, 4.69) is 50.3 Å². The lowest BCUT2D eigenvalue weighted by Gasteiger charge is -2.34. The summed E-state index contributed by atoms with van der Waals surface area (Å²) >= 11 is 0. The molecule has 1 N–H and O–H groups in total. The van der Waals surface area contributed by atoms with E-state index in [-0.39, 0.29) is 12.1 Å². The standard InChI is InChI=1S/C32H34N6O3/c1-21-18-34-30(35-23-9-8-15-37(19-23)31(39)41-32(2,3)4)36-28(21)26-20-38(24-10-6-5-7-11-24)27-17-22(12-13-25(26)27)29-33-14-16-40-29/h5-7,10-14,16-18,20,23H,8-9,15,19H2,1-4H3,(H,34,35,36)/t23-/m0/s1. The van der Waals surface area contributed by atoms with Gasteiger partial charge in [0.1, 0.15) is 11.9 Å². The van der Waals surface area contributed by atoms with Crippen molar-refractivity contribution < 1.29 is 13.9 Å². The number of ether oxygens (including phenoxy) is 1. The molecule has 5 aromatic rings. The van der Waals surface area contributed by atoms with Gasteiger partial charge in [0.05, 0.1) is 17.4 Å². The van der Waals surface area contributed by atoms with Gasteiger partial charge in [-0.3, -0.25) is 0 Å². The van der Waals surface area contributed by atoms with E-state index in [1.807, 2.05) is 58.2 Å². The van der Waals surface area contributed by atoms with E-state index in [1.54, 1.807) is 17.4 Å². The Labute approximate surface area is 239 Å². The van der Waals surface area contributed by atoms with Gasteiger partial charge < -0.3 is 23.9 Å². The van der Waals surface area contributed by atoms with Crippen LogP contribution in [0, 0.1) is 6.92 Å². The quantitative estimate of drug-likeness (QED) is 0.255. The van der Waals surface area contributed by atoms with Crippen LogP contribution in [0.5, 0.6) is 0 Å². The molecule has 1 aliphatic heterocycles. The van der Waals surface area contributed by atoms with Crippen molar-refractivity contribution in [2.45, 2.75) is 52.2 Å². The number of piperidine rings is 1. The molecule has 9 heteroatoms. The molecule has 0 radical (unpaired) electrons. The highest BCUT2D eigenvalue weighted by Crippen LogP contribution is 2.36. The minimum Gasteiger partial charge on any atom is -0.445 e. The number of aryl methyl sites for hydroxylation is 1. The SMILES string of the molecule is Cc1cnc(N[C@H]2CCCN(C(=O)OC(C)(C)C)C2)nc1-c1cn(-c2ccccc2)c2cc(-c3ncco3)ccc12. The number of likely N-dealkylation sites (tertiary alicyclic amines) is 1. The van der Waals surface area contributed by atoms with Gasteiger partial charge in [-0.25, -0.2) is 19.7 Å². The number of amides is 1. The molecule has 0 aliphatic carbocycles. The fraction of sp³-hybridized carbons (Fsp3) is 0.312. The van der Waals surface area contributed by atoms with E-state index in [4.69, 9.17) is 14.1 Å². The highest BCUT2D eigenvalue weighted by atomic mass is 16.6. The van der Waals surface area contributed by atoms with Gasteiger partial charge in [0.25, 0.3) is 0 Å². The van der Waals surface area contributed by atoms with Crippen LogP contribution in [-0.4, -0.2) is 55.2 Å². The number of rotatable bonds is 5. The highest BCUT2D eigenvalue weighted by Gasteiger charge is 2.28. The van der Waals surface area contributed by atoms with Crippen LogP contribution in [-0.2, 0) is 4.74 Å². The highest BCUT2D eigenvalue weighted by molar-refractivity contribution is 5.98. The molecule has 0 unspecified atom stereocenters. The lowest BCUT2D eigenvalue weighted by molar-refractivity contribution is 0.0206. The van der Waals surface area contributed by atoms with Crippen molar-refractivity contribution in [2.75, 3.05) is 18.4 Å². The van der Waals surface area contributed by atoms with Crippen molar-refractivity contribution in [3.05, 3.63) is 78.9 Å². The number of aromatic nitrogens is 4. The lowest BCUT2D eigenvalue weighted by Crippen LogP contribution is -2.47. The molecule has 41 heavy (non-hydrogen) atoms. The number of carbonyl (C=O) groups is 1. The molecule has 1 saturated heterocycles. The molecular formula is C32H34N6O3. The first-order chi connectivity index (χ1) is 19.7. The molecular weight excluding hydrogens is 516 g/mol.